The summed E-state index contributed by atoms with van der Waals surface area (Å²) in [4.78, 5) is 57.6. The minimum atomic E-state index is -1.15. The van der Waals surface area contributed by atoms with E-state index in [4.69, 9.17) is 15.9 Å². The van der Waals surface area contributed by atoms with Crippen molar-refractivity contribution in [1.82, 2.24) is 15.5 Å². The van der Waals surface area contributed by atoms with Gasteiger partial charge in [0.1, 0.15) is 29.3 Å². The largest absolute Gasteiger partial charge is 0.458 e. The standard InChI is InChI=1S/C41H59N3O6/c1-11-14-15-16-20-27-44(37(46)34(29(4)12-2)43-39(48)50-41(8,9)10)35(32-25-23-30(13-3)24-26-32)36(45)42-33(38(47)49-40(5,6)7)28-31-21-18-17-19-22-31/h3,17-19,21-26,29,33-35H,11-12,14-16,20,27-28H2,1-2,4-10H3,(H,42,45)(H,43,48). The number of nitrogens with zero attached hydrogens (tertiary/aromatic N) is 1. The average Bonchev–Trinajstić information content (AvgIpc) is 3.04. The third kappa shape index (κ3) is 14.3. The SMILES string of the molecule is C#Cc1ccc(C(C(=O)NC(Cc2ccccc2)C(=O)OC(C)(C)C)N(CCCCCCC)C(=O)C(NC(=O)OC(C)(C)C)C(C)CC)cc1. The van der Waals surface area contributed by atoms with Gasteiger partial charge in [0.05, 0.1) is 0 Å². The highest BCUT2D eigenvalue weighted by Gasteiger charge is 2.39. The highest BCUT2D eigenvalue weighted by molar-refractivity contribution is 5.94. The zero-order valence-electron chi connectivity index (χ0n) is 31.6. The second-order valence-corrected chi connectivity index (χ2v) is 14.9. The number of carbonyl (C=O) groups excluding carboxylic acids is 4. The molecule has 0 heterocycles. The van der Waals surface area contributed by atoms with E-state index in [0.717, 1.165) is 31.2 Å². The molecule has 2 N–H and O–H groups in total. The third-order valence-corrected chi connectivity index (χ3v) is 8.18. The molecule has 0 aliphatic rings. The quantitative estimate of drug-likeness (QED) is 0.101. The molecule has 2 aromatic carbocycles. The maximum absolute atomic E-state index is 14.8. The highest BCUT2D eigenvalue weighted by atomic mass is 16.6. The second kappa shape index (κ2) is 19.8. The van der Waals surface area contributed by atoms with E-state index in [-0.39, 0.29) is 18.9 Å². The lowest BCUT2D eigenvalue weighted by Crippen LogP contribution is -2.56. The van der Waals surface area contributed by atoms with E-state index in [9.17, 15) is 19.2 Å². The summed E-state index contributed by atoms with van der Waals surface area (Å²) in [5, 5.41) is 5.77. The van der Waals surface area contributed by atoms with Gasteiger partial charge in [-0.15, -0.1) is 6.42 Å². The Kier molecular flexibility index (Phi) is 16.5. The molecule has 2 aromatic rings. The molecule has 4 atom stereocenters. The van der Waals surface area contributed by atoms with E-state index in [1.54, 1.807) is 65.8 Å². The molecule has 0 aliphatic carbocycles. The molecule has 0 bridgehead atoms. The molecule has 274 valence electrons. The smallest absolute Gasteiger partial charge is 0.408 e. The number of hydrogen-bond acceptors (Lipinski definition) is 6. The lowest BCUT2D eigenvalue weighted by molar-refractivity contribution is -0.159. The molecule has 0 fully saturated rings. The molecule has 3 amide bonds. The Balaban J connectivity index is 2.67. The van der Waals surface area contributed by atoms with Gasteiger partial charge < -0.3 is 25.0 Å². The number of esters is 1. The first kappa shape index (κ1) is 41.8. The number of carbonyl (C=O) groups is 4. The van der Waals surface area contributed by atoms with Crippen molar-refractivity contribution in [3.05, 3.63) is 71.3 Å². The number of ether oxygens (including phenoxy) is 2. The first-order valence-electron chi connectivity index (χ1n) is 17.9. The number of alkyl carbamates (subject to hydrolysis) is 1. The van der Waals surface area contributed by atoms with E-state index < -0.39 is 53.2 Å². The Labute approximate surface area is 300 Å². The molecule has 9 nitrogen and oxygen atoms in total. The molecule has 0 saturated heterocycles. The summed E-state index contributed by atoms with van der Waals surface area (Å²) in [6.07, 6.45) is 10.3. The van der Waals surface area contributed by atoms with Crippen LogP contribution in [-0.4, -0.2) is 58.6 Å². The van der Waals surface area contributed by atoms with E-state index in [0.29, 0.717) is 24.0 Å². The summed E-state index contributed by atoms with van der Waals surface area (Å²) in [7, 11) is 0. The lowest BCUT2D eigenvalue weighted by Gasteiger charge is -2.37. The Bertz CT molecular complexity index is 1420. The molecule has 0 spiro atoms. The van der Waals surface area contributed by atoms with Crippen molar-refractivity contribution in [2.24, 2.45) is 5.92 Å². The Hall–Kier alpha value is -4.32. The minimum absolute atomic E-state index is 0.185. The number of amides is 3. The van der Waals surface area contributed by atoms with Crippen LogP contribution < -0.4 is 10.6 Å². The van der Waals surface area contributed by atoms with Gasteiger partial charge in [-0.3, -0.25) is 9.59 Å². The summed E-state index contributed by atoms with van der Waals surface area (Å²) < 4.78 is 11.3. The van der Waals surface area contributed by atoms with Crippen LogP contribution in [0.15, 0.2) is 54.6 Å². The van der Waals surface area contributed by atoms with Crippen LogP contribution in [0.1, 0.15) is 124 Å². The van der Waals surface area contributed by atoms with Crippen molar-refractivity contribution in [3.63, 3.8) is 0 Å². The molecule has 4 unspecified atom stereocenters. The van der Waals surface area contributed by atoms with E-state index in [1.165, 1.54) is 4.90 Å². The second-order valence-electron chi connectivity index (χ2n) is 14.9. The fourth-order valence-corrected chi connectivity index (χ4v) is 5.45. The summed E-state index contributed by atoms with van der Waals surface area (Å²) >= 11 is 0. The lowest BCUT2D eigenvalue weighted by atomic mass is 9.95. The van der Waals surface area contributed by atoms with Gasteiger partial charge in [-0.2, -0.15) is 0 Å². The maximum Gasteiger partial charge on any atom is 0.408 e. The molecule has 9 heteroatoms. The van der Waals surface area contributed by atoms with Crippen molar-refractivity contribution >= 4 is 23.9 Å². The van der Waals surface area contributed by atoms with E-state index in [1.807, 2.05) is 44.2 Å². The number of benzene rings is 2. The number of nitrogens with one attached hydrogen (secondary N) is 2. The van der Waals surface area contributed by atoms with Crippen LogP contribution in [-0.2, 0) is 30.3 Å². The van der Waals surface area contributed by atoms with Crippen molar-refractivity contribution in [2.45, 2.75) is 137 Å². The van der Waals surface area contributed by atoms with Gasteiger partial charge in [0.15, 0.2) is 0 Å². The minimum Gasteiger partial charge on any atom is -0.458 e. The number of unbranched alkanes of at least 4 members (excludes halogenated alkanes) is 4. The molecular weight excluding hydrogens is 630 g/mol. The highest BCUT2D eigenvalue weighted by Crippen LogP contribution is 2.27. The maximum atomic E-state index is 14.8. The molecule has 0 aromatic heterocycles. The van der Waals surface area contributed by atoms with Crippen molar-refractivity contribution in [3.8, 4) is 12.3 Å². The summed E-state index contributed by atoms with van der Waals surface area (Å²) in [5.74, 6) is 0.770. The monoisotopic (exact) mass is 689 g/mol. The van der Waals surface area contributed by atoms with Crippen LogP contribution >= 0.6 is 0 Å². The normalized spacial score (nSPS) is 13.9. The number of hydrogen-bond donors (Lipinski definition) is 2. The van der Waals surface area contributed by atoms with Crippen LogP contribution in [0.3, 0.4) is 0 Å². The van der Waals surface area contributed by atoms with Crippen LogP contribution in [0, 0.1) is 18.3 Å². The number of terminal acetylenes is 1. The summed E-state index contributed by atoms with van der Waals surface area (Å²) in [5.41, 5.74) is 0.401. The summed E-state index contributed by atoms with van der Waals surface area (Å²) in [6.45, 7) is 16.8. The van der Waals surface area contributed by atoms with E-state index in [2.05, 4.69) is 23.5 Å². The molecule has 50 heavy (non-hydrogen) atoms. The van der Waals surface area contributed by atoms with Gasteiger partial charge in [-0.05, 0) is 77.1 Å². The fourth-order valence-electron chi connectivity index (χ4n) is 5.45. The Morgan fingerprint density at radius 1 is 0.820 bits per heavy atom. The first-order valence-corrected chi connectivity index (χ1v) is 17.9. The van der Waals surface area contributed by atoms with Gasteiger partial charge in [0.2, 0.25) is 11.8 Å². The van der Waals surface area contributed by atoms with Crippen LogP contribution in [0.5, 0.6) is 0 Å². The Morgan fingerprint density at radius 2 is 1.42 bits per heavy atom. The zero-order chi connectivity index (χ0) is 37.5. The van der Waals surface area contributed by atoms with Gasteiger partial charge in [-0.1, -0.05) is 101 Å². The molecule has 0 aliphatic heterocycles. The van der Waals surface area contributed by atoms with Crippen molar-refractivity contribution < 1.29 is 28.7 Å². The number of rotatable bonds is 17. The van der Waals surface area contributed by atoms with Gasteiger partial charge in [-0.25, -0.2) is 9.59 Å². The van der Waals surface area contributed by atoms with Crippen LogP contribution in [0.25, 0.3) is 0 Å². The van der Waals surface area contributed by atoms with Crippen molar-refractivity contribution in [1.29, 1.82) is 0 Å². The topological polar surface area (TPSA) is 114 Å². The van der Waals surface area contributed by atoms with Crippen molar-refractivity contribution in [2.75, 3.05) is 6.54 Å². The van der Waals surface area contributed by atoms with E-state index >= 15 is 0 Å². The Morgan fingerprint density at radius 3 is 1.96 bits per heavy atom. The first-order chi connectivity index (χ1) is 23.5. The molecular formula is C41H59N3O6. The molecule has 0 radical (unpaired) electrons. The predicted molar refractivity (Wildman–Crippen MR) is 198 cm³/mol. The predicted octanol–water partition coefficient (Wildman–Crippen LogP) is 7.52. The van der Waals surface area contributed by atoms with Gasteiger partial charge >= 0.3 is 12.1 Å². The summed E-state index contributed by atoms with van der Waals surface area (Å²) in [6, 6.07) is 13.1. The third-order valence-electron chi connectivity index (χ3n) is 8.18. The fraction of sp³-hybridized carbons (Fsp3) is 0.561. The zero-order valence-corrected chi connectivity index (χ0v) is 31.6. The molecule has 0 saturated carbocycles. The van der Waals surface area contributed by atoms with Crippen LogP contribution in [0.2, 0.25) is 0 Å². The van der Waals surface area contributed by atoms with Crippen LogP contribution in [0.4, 0.5) is 4.79 Å². The average molecular weight is 690 g/mol. The van der Waals surface area contributed by atoms with Gasteiger partial charge in [0, 0.05) is 18.5 Å². The molecule has 2 rings (SSSR count). The van der Waals surface area contributed by atoms with Gasteiger partial charge in [0.25, 0.3) is 0 Å².